The van der Waals surface area contributed by atoms with Crippen molar-refractivity contribution in [3.63, 3.8) is 0 Å². The van der Waals surface area contributed by atoms with Crippen LogP contribution in [-0.2, 0) is 6.42 Å². The van der Waals surface area contributed by atoms with E-state index in [1.807, 2.05) is 13.0 Å². The molecule has 5 heteroatoms. The zero-order valence-electron chi connectivity index (χ0n) is 9.55. The van der Waals surface area contributed by atoms with Crippen LogP contribution in [0.4, 0.5) is 0 Å². The Bertz CT molecular complexity index is 599. The number of aromatic nitrogens is 3. The van der Waals surface area contributed by atoms with E-state index >= 15 is 0 Å². The average molecular weight is 231 g/mol. The highest BCUT2D eigenvalue weighted by molar-refractivity contribution is 5.86. The average Bonchev–Trinajstić information content (AvgIpc) is 3.07. The molecule has 0 spiro atoms. The number of aromatic carboxylic acids is 1. The van der Waals surface area contributed by atoms with Gasteiger partial charge in [0.1, 0.15) is 0 Å². The first-order chi connectivity index (χ1) is 8.19. The van der Waals surface area contributed by atoms with E-state index in [9.17, 15) is 9.90 Å². The molecule has 0 atom stereocenters. The smallest absolute Gasteiger partial charge is 0.354 e. The summed E-state index contributed by atoms with van der Waals surface area (Å²) in [5, 5.41) is 13.4. The third-order valence-corrected chi connectivity index (χ3v) is 3.07. The second-order valence-corrected chi connectivity index (χ2v) is 4.40. The molecule has 0 bridgehead atoms. The highest BCUT2D eigenvalue weighted by Gasteiger charge is 2.27. The normalized spacial score (nSPS) is 15.4. The number of carboxylic acids is 1. The maximum atomic E-state index is 11.2. The van der Waals surface area contributed by atoms with Gasteiger partial charge < -0.3 is 5.11 Å². The molecule has 3 rings (SSSR count). The summed E-state index contributed by atoms with van der Waals surface area (Å²) >= 11 is 0. The van der Waals surface area contributed by atoms with Gasteiger partial charge in [-0.3, -0.25) is 0 Å². The molecule has 2 aromatic heterocycles. The van der Waals surface area contributed by atoms with Crippen molar-refractivity contribution in [1.82, 2.24) is 14.6 Å². The predicted molar refractivity (Wildman–Crippen MR) is 61.3 cm³/mol. The van der Waals surface area contributed by atoms with Gasteiger partial charge in [-0.1, -0.05) is 6.92 Å². The topological polar surface area (TPSA) is 67.5 Å². The van der Waals surface area contributed by atoms with Gasteiger partial charge in [0.15, 0.2) is 11.3 Å². The SMILES string of the molecule is CCc1cc2nc(C3CC3)cc(C(=O)O)n2n1. The quantitative estimate of drug-likeness (QED) is 0.875. The molecule has 0 aliphatic heterocycles. The number of carbonyl (C=O) groups is 1. The van der Waals surface area contributed by atoms with Gasteiger partial charge in [-0.05, 0) is 25.3 Å². The van der Waals surface area contributed by atoms with Crippen molar-refractivity contribution in [2.75, 3.05) is 0 Å². The van der Waals surface area contributed by atoms with Crippen LogP contribution in [-0.4, -0.2) is 25.7 Å². The number of rotatable bonds is 3. The lowest BCUT2D eigenvalue weighted by molar-refractivity contribution is 0.0687. The Labute approximate surface area is 98.1 Å². The van der Waals surface area contributed by atoms with E-state index in [0.717, 1.165) is 30.7 Å². The molecule has 1 fully saturated rings. The van der Waals surface area contributed by atoms with Crippen molar-refractivity contribution < 1.29 is 9.90 Å². The third kappa shape index (κ3) is 1.67. The van der Waals surface area contributed by atoms with Crippen LogP contribution in [0.1, 0.15) is 47.6 Å². The molecule has 17 heavy (non-hydrogen) atoms. The Kier molecular flexibility index (Phi) is 2.14. The molecule has 1 aliphatic carbocycles. The molecule has 1 aliphatic rings. The van der Waals surface area contributed by atoms with Crippen LogP contribution >= 0.6 is 0 Å². The van der Waals surface area contributed by atoms with Crippen LogP contribution in [0.25, 0.3) is 5.65 Å². The number of carboxylic acid groups (broad SMARTS) is 1. The summed E-state index contributed by atoms with van der Waals surface area (Å²) in [6.07, 6.45) is 3.00. The molecule has 1 saturated carbocycles. The summed E-state index contributed by atoms with van der Waals surface area (Å²) in [5.74, 6) is -0.511. The molecular weight excluding hydrogens is 218 g/mol. The second kappa shape index (κ2) is 3.55. The third-order valence-electron chi connectivity index (χ3n) is 3.07. The van der Waals surface area contributed by atoms with Gasteiger partial charge in [-0.15, -0.1) is 0 Å². The Morgan fingerprint density at radius 3 is 2.88 bits per heavy atom. The van der Waals surface area contributed by atoms with Crippen molar-refractivity contribution in [3.05, 3.63) is 29.2 Å². The van der Waals surface area contributed by atoms with E-state index in [-0.39, 0.29) is 5.69 Å². The monoisotopic (exact) mass is 231 g/mol. The highest BCUT2D eigenvalue weighted by atomic mass is 16.4. The van der Waals surface area contributed by atoms with Crippen molar-refractivity contribution in [1.29, 1.82) is 0 Å². The van der Waals surface area contributed by atoms with Gasteiger partial charge in [0.2, 0.25) is 0 Å². The Morgan fingerprint density at radius 1 is 1.53 bits per heavy atom. The first-order valence-electron chi connectivity index (χ1n) is 5.82. The molecule has 2 aromatic rings. The molecule has 88 valence electrons. The van der Waals surface area contributed by atoms with E-state index in [2.05, 4.69) is 10.1 Å². The number of aryl methyl sites for hydroxylation is 1. The molecule has 2 heterocycles. The molecule has 1 N–H and O–H groups in total. The molecule has 0 unspecified atom stereocenters. The van der Waals surface area contributed by atoms with E-state index < -0.39 is 5.97 Å². The number of fused-ring (bicyclic) bond motifs is 1. The van der Waals surface area contributed by atoms with Crippen LogP contribution in [0.15, 0.2) is 12.1 Å². The predicted octanol–water partition coefficient (Wildman–Crippen LogP) is 1.87. The zero-order chi connectivity index (χ0) is 12.0. The summed E-state index contributed by atoms with van der Waals surface area (Å²) in [6, 6.07) is 3.51. The highest BCUT2D eigenvalue weighted by Crippen LogP contribution is 2.39. The maximum Gasteiger partial charge on any atom is 0.354 e. The molecule has 5 nitrogen and oxygen atoms in total. The lowest BCUT2D eigenvalue weighted by atomic mass is 10.2. The van der Waals surface area contributed by atoms with Crippen LogP contribution < -0.4 is 0 Å². The summed E-state index contributed by atoms with van der Waals surface area (Å²) in [7, 11) is 0. The lowest BCUT2D eigenvalue weighted by Crippen LogP contribution is -2.09. The first-order valence-corrected chi connectivity index (χ1v) is 5.82. The maximum absolute atomic E-state index is 11.2. The molecular formula is C12H13N3O2. The molecule has 0 aromatic carbocycles. The zero-order valence-corrected chi connectivity index (χ0v) is 9.55. The molecule has 0 radical (unpaired) electrons. The fourth-order valence-corrected chi connectivity index (χ4v) is 1.95. The minimum absolute atomic E-state index is 0.205. The summed E-state index contributed by atoms with van der Waals surface area (Å²) < 4.78 is 1.42. The van der Waals surface area contributed by atoms with Crippen molar-refractivity contribution in [2.24, 2.45) is 0 Å². The fraction of sp³-hybridized carbons (Fsp3) is 0.417. The van der Waals surface area contributed by atoms with Crippen molar-refractivity contribution >= 4 is 11.6 Å². The van der Waals surface area contributed by atoms with Crippen LogP contribution in [0.3, 0.4) is 0 Å². The minimum Gasteiger partial charge on any atom is -0.477 e. The Balaban J connectivity index is 2.25. The van der Waals surface area contributed by atoms with Gasteiger partial charge in [0.05, 0.1) is 5.69 Å². The van der Waals surface area contributed by atoms with Crippen LogP contribution in [0, 0.1) is 0 Å². The number of hydrogen-bond acceptors (Lipinski definition) is 3. The van der Waals surface area contributed by atoms with E-state index in [1.165, 1.54) is 4.52 Å². The van der Waals surface area contributed by atoms with Gasteiger partial charge in [-0.2, -0.15) is 5.10 Å². The van der Waals surface area contributed by atoms with Gasteiger partial charge in [0, 0.05) is 17.7 Å². The largest absolute Gasteiger partial charge is 0.477 e. The van der Waals surface area contributed by atoms with E-state index in [1.54, 1.807) is 6.07 Å². The molecule has 0 saturated heterocycles. The standard InChI is InChI=1S/C12H13N3O2/c1-2-8-5-11-13-9(7-3-4-7)6-10(12(16)17)15(11)14-8/h5-7H,2-4H2,1H3,(H,16,17). The Morgan fingerprint density at radius 2 is 2.29 bits per heavy atom. The second-order valence-electron chi connectivity index (χ2n) is 4.40. The summed E-state index contributed by atoms with van der Waals surface area (Å²) in [6.45, 7) is 1.99. The molecule has 0 amide bonds. The fourth-order valence-electron chi connectivity index (χ4n) is 1.95. The lowest BCUT2D eigenvalue weighted by Gasteiger charge is -2.03. The van der Waals surface area contributed by atoms with E-state index in [4.69, 9.17) is 0 Å². The first kappa shape index (κ1) is 10.3. The number of nitrogens with zero attached hydrogens (tertiary/aromatic N) is 3. The summed E-state index contributed by atoms with van der Waals surface area (Å²) in [4.78, 5) is 15.7. The summed E-state index contributed by atoms with van der Waals surface area (Å²) in [5.41, 5.74) is 2.60. The Hall–Kier alpha value is -1.91. The van der Waals surface area contributed by atoms with Gasteiger partial charge in [-0.25, -0.2) is 14.3 Å². The van der Waals surface area contributed by atoms with E-state index in [0.29, 0.717) is 11.6 Å². The van der Waals surface area contributed by atoms with Crippen LogP contribution in [0.5, 0.6) is 0 Å². The minimum atomic E-state index is -0.954. The van der Waals surface area contributed by atoms with Crippen molar-refractivity contribution in [3.8, 4) is 0 Å². The van der Waals surface area contributed by atoms with Gasteiger partial charge >= 0.3 is 5.97 Å². The van der Waals surface area contributed by atoms with Crippen molar-refractivity contribution in [2.45, 2.75) is 32.1 Å². The van der Waals surface area contributed by atoms with Gasteiger partial charge in [0.25, 0.3) is 0 Å². The number of hydrogen-bond donors (Lipinski definition) is 1. The van der Waals surface area contributed by atoms with Crippen LogP contribution in [0.2, 0.25) is 0 Å².